The predicted octanol–water partition coefficient (Wildman–Crippen LogP) is 3.75. The first-order valence-electron chi connectivity index (χ1n) is 9.37. The molecule has 0 aliphatic carbocycles. The highest BCUT2D eigenvalue weighted by molar-refractivity contribution is 5.80. The molecule has 0 bridgehead atoms. The number of carboxylic acid groups (broad SMARTS) is 1. The smallest absolute Gasteiger partial charge is 0.303 e. The summed E-state index contributed by atoms with van der Waals surface area (Å²) in [7, 11) is 0. The molecule has 6 heteroatoms. The summed E-state index contributed by atoms with van der Waals surface area (Å²) in [6.07, 6.45) is -0.198. The number of carbonyl (C=O) groups is 2. The van der Waals surface area contributed by atoms with Crippen LogP contribution in [0.1, 0.15) is 43.7 Å². The number of carboxylic acids is 1. The quantitative estimate of drug-likeness (QED) is 0.576. The van der Waals surface area contributed by atoms with Crippen LogP contribution < -0.4 is 14.8 Å². The molecule has 2 rings (SSSR count). The summed E-state index contributed by atoms with van der Waals surface area (Å²) in [5, 5.41) is 11.3. The number of nitrogens with one attached hydrogen (secondary N) is 1. The summed E-state index contributed by atoms with van der Waals surface area (Å²) in [6.45, 7) is 5.46. The van der Waals surface area contributed by atoms with E-state index in [9.17, 15) is 9.59 Å². The van der Waals surface area contributed by atoms with Gasteiger partial charge in [0.25, 0.3) is 0 Å². The average Bonchev–Trinajstić information content (AvgIpc) is 2.68. The SMILES string of the molecule is CC(C)c1ccc(OCCOc2cccc(CNC(=O)CCC(=O)O)c2)cc1. The Morgan fingerprint density at radius 3 is 2.29 bits per heavy atom. The maximum atomic E-state index is 11.6. The normalized spacial score (nSPS) is 10.5. The number of carbonyl (C=O) groups excluding carboxylic acids is 1. The Labute approximate surface area is 165 Å². The molecule has 28 heavy (non-hydrogen) atoms. The van der Waals surface area contributed by atoms with Gasteiger partial charge in [-0.3, -0.25) is 9.59 Å². The first-order valence-corrected chi connectivity index (χ1v) is 9.37. The largest absolute Gasteiger partial charge is 0.490 e. The van der Waals surface area contributed by atoms with Crippen molar-refractivity contribution >= 4 is 11.9 Å². The molecule has 0 aliphatic heterocycles. The van der Waals surface area contributed by atoms with Crippen molar-refractivity contribution in [2.45, 2.75) is 39.2 Å². The Hall–Kier alpha value is -3.02. The minimum absolute atomic E-state index is 0.0268. The Balaban J connectivity index is 1.72. The van der Waals surface area contributed by atoms with E-state index < -0.39 is 5.97 Å². The topological polar surface area (TPSA) is 84.9 Å². The Kier molecular flexibility index (Phi) is 8.34. The van der Waals surface area contributed by atoms with Crippen molar-refractivity contribution in [2.24, 2.45) is 0 Å². The van der Waals surface area contributed by atoms with Crippen LogP contribution in [-0.2, 0) is 16.1 Å². The Morgan fingerprint density at radius 1 is 0.964 bits per heavy atom. The fraction of sp³-hybridized carbons (Fsp3) is 0.364. The molecule has 0 fully saturated rings. The highest BCUT2D eigenvalue weighted by atomic mass is 16.5. The average molecular weight is 385 g/mol. The van der Waals surface area contributed by atoms with Crippen LogP contribution in [0.15, 0.2) is 48.5 Å². The zero-order valence-electron chi connectivity index (χ0n) is 16.3. The number of hydrogen-bond donors (Lipinski definition) is 2. The van der Waals surface area contributed by atoms with Crippen molar-refractivity contribution in [3.63, 3.8) is 0 Å². The van der Waals surface area contributed by atoms with Gasteiger partial charge in [0.15, 0.2) is 0 Å². The highest BCUT2D eigenvalue weighted by Crippen LogP contribution is 2.18. The second-order valence-electron chi connectivity index (χ2n) is 6.74. The minimum atomic E-state index is -0.983. The summed E-state index contributed by atoms with van der Waals surface area (Å²) >= 11 is 0. The van der Waals surface area contributed by atoms with Gasteiger partial charge in [-0.15, -0.1) is 0 Å². The fourth-order valence-electron chi connectivity index (χ4n) is 2.52. The van der Waals surface area contributed by atoms with Gasteiger partial charge in [-0.1, -0.05) is 38.1 Å². The van der Waals surface area contributed by atoms with Crippen LogP contribution in [0.2, 0.25) is 0 Å². The summed E-state index contributed by atoms with van der Waals surface area (Å²) in [4.78, 5) is 22.1. The van der Waals surface area contributed by atoms with Crippen molar-refractivity contribution in [2.75, 3.05) is 13.2 Å². The lowest BCUT2D eigenvalue weighted by Crippen LogP contribution is -2.23. The second kappa shape index (κ2) is 11.0. The predicted molar refractivity (Wildman–Crippen MR) is 107 cm³/mol. The summed E-state index contributed by atoms with van der Waals surface area (Å²) < 4.78 is 11.4. The molecule has 0 heterocycles. The van der Waals surface area contributed by atoms with Crippen LogP contribution in [0, 0.1) is 0 Å². The third kappa shape index (κ3) is 7.70. The maximum absolute atomic E-state index is 11.6. The van der Waals surface area contributed by atoms with Crippen molar-refractivity contribution in [1.29, 1.82) is 0 Å². The molecule has 2 aromatic rings. The van der Waals surface area contributed by atoms with E-state index in [-0.39, 0.29) is 18.7 Å². The van der Waals surface area contributed by atoms with E-state index in [4.69, 9.17) is 14.6 Å². The number of ether oxygens (including phenoxy) is 2. The van der Waals surface area contributed by atoms with Crippen LogP contribution in [-0.4, -0.2) is 30.2 Å². The van der Waals surface area contributed by atoms with Gasteiger partial charge in [0.05, 0.1) is 6.42 Å². The van der Waals surface area contributed by atoms with Gasteiger partial charge in [-0.2, -0.15) is 0 Å². The van der Waals surface area contributed by atoms with E-state index in [1.54, 1.807) is 0 Å². The van der Waals surface area contributed by atoms with E-state index in [1.807, 2.05) is 36.4 Å². The molecular weight excluding hydrogens is 358 g/mol. The molecule has 0 unspecified atom stereocenters. The van der Waals surface area contributed by atoms with Gasteiger partial charge < -0.3 is 19.9 Å². The van der Waals surface area contributed by atoms with Crippen molar-refractivity contribution in [3.8, 4) is 11.5 Å². The molecule has 0 aromatic heterocycles. The van der Waals surface area contributed by atoms with Gasteiger partial charge in [0, 0.05) is 13.0 Å². The first kappa shape index (κ1) is 21.3. The summed E-state index contributed by atoms with van der Waals surface area (Å²) in [5.74, 6) is 0.725. The number of hydrogen-bond acceptors (Lipinski definition) is 4. The van der Waals surface area contributed by atoms with Crippen LogP contribution in [0.25, 0.3) is 0 Å². The van der Waals surface area contributed by atoms with E-state index in [2.05, 4.69) is 31.3 Å². The zero-order chi connectivity index (χ0) is 20.4. The van der Waals surface area contributed by atoms with E-state index >= 15 is 0 Å². The highest BCUT2D eigenvalue weighted by Gasteiger charge is 2.05. The number of amides is 1. The molecule has 0 spiro atoms. The van der Waals surface area contributed by atoms with Crippen molar-refractivity contribution in [1.82, 2.24) is 5.32 Å². The Bertz CT molecular complexity index is 771. The fourth-order valence-corrected chi connectivity index (χ4v) is 2.52. The second-order valence-corrected chi connectivity index (χ2v) is 6.74. The van der Waals surface area contributed by atoms with Crippen molar-refractivity contribution in [3.05, 3.63) is 59.7 Å². The Morgan fingerprint density at radius 2 is 1.64 bits per heavy atom. The zero-order valence-corrected chi connectivity index (χ0v) is 16.3. The van der Waals surface area contributed by atoms with Crippen molar-refractivity contribution < 1.29 is 24.2 Å². The maximum Gasteiger partial charge on any atom is 0.303 e. The molecule has 0 saturated heterocycles. The molecule has 0 atom stereocenters. The van der Waals surface area contributed by atoms with Gasteiger partial charge in [0.1, 0.15) is 24.7 Å². The van der Waals surface area contributed by atoms with E-state index in [0.717, 1.165) is 11.3 Å². The van der Waals surface area contributed by atoms with Crippen LogP contribution >= 0.6 is 0 Å². The molecule has 0 radical (unpaired) electrons. The van der Waals surface area contributed by atoms with Crippen LogP contribution in [0.5, 0.6) is 11.5 Å². The lowest BCUT2D eigenvalue weighted by Gasteiger charge is -2.11. The molecule has 2 aromatic carbocycles. The summed E-state index contributed by atoms with van der Waals surface area (Å²) in [5.41, 5.74) is 2.15. The third-order valence-corrected chi connectivity index (χ3v) is 4.12. The molecule has 150 valence electrons. The van der Waals surface area contributed by atoms with Crippen LogP contribution in [0.4, 0.5) is 0 Å². The lowest BCUT2D eigenvalue weighted by atomic mass is 10.0. The molecule has 0 saturated carbocycles. The van der Waals surface area contributed by atoms with E-state index in [1.165, 1.54) is 5.56 Å². The number of rotatable bonds is 11. The molecule has 0 aliphatic rings. The number of benzene rings is 2. The van der Waals surface area contributed by atoms with Gasteiger partial charge in [-0.05, 0) is 41.3 Å². The van der Waals surface area contributed by atoms with E-state index in [0.29, 0.717) is 31.4 Å². The van der Waals surface area contributed by atoms with Crippen LogP contribution in [0.3, 0.4) is 0 Å². The summed E-state index contributed by atoms with van der Waals surface area (Å²) in [6, 6.07) is 15.5. The monoisotopic (exact) mass is 385 g/mol. The molecule has 6 nitrogen and oxygen atoms in total. The van der Waals surface area contributed by atoms with Gasteiger partial charge >= 0.3 is 5.97 Å². The third-order valence-electron chi connectivity index (χ3n) is 4.12. The number of aliphatic carboxylic acids is 1. The molecule has 2 N–H and O–H groups in total. The van der Waals surface area contributed by atoms with Gasteiger partial charge in [-0.25, -0.2) is 0 Å². The first-order chi connectivity index (χ1) is 13.4. The lowest BCUT2D eigenvalue weighted by molar-refractivity contribution is -0.138. The van der Waals surface area contributed by atoms with Gasteiger partial charge in [0.2, 0.25) is 5.91 Å². The standard InChI is InChI=1S/C22H27NO5/c1-16(2)18-6-8-19(9-7-18)27-12-13-28-20-5-3-4-17(14-20)15-23-21(24)10-11-22(25)26/h3-9,14,16H,10-13,15H2,1-2H3,(H,23,24)(H,25,26). The molecular formula is C22H27NO5. The molecule has 1 amide bonds. The minimum Gasteiger partial charge on any atom is -0.490 e.